The molecule has 0 amide bonds. The number of aromatic nitrogens is 2. The molecule has 0 aliphatic rings. The van der Waals surface area contributed by atoms with Gasteiger partial charge in [0.25, 0.3) is 0 Å². The average molecular weight is 205 g/mol. The van der Waals surface area contributed by atoms with Gasteiger partial charge in [-0.05, 0) is 15.9 Å². The number of halogens is 1. The fraction of sp³-hybridized carbons (Fsp3) is 0.200. The Balaban J connectivity index is 2.67. The SMILES string of the molecule is O=C(O)Cn1cc(Br)cn1. The molecule has 1 aromatic rings. The molecule has 0 saturated carbocycles. The van der Waals surface area contributed by atoms with Gasteiger partial charge in [-0.1, -0.05) is 0 Å². The Kier molecular flexibility index (Phi) is 2.06. The number of rotatable bonds is 2. The summed E-state index contributed by atoms with van der Waals surface area (Å²) < 4.78 is 2.13. The van der Waals surface area contributed by atoms with Gasteiger partial charge in [0.15, 0.2) is 0 Å². The number of nitrogens with zero attached hydrogens (tertiary/aromatic N) is 2. The zero-order valence-electron chi connectivity index (χ0n) is 4.99. The monoisotopic (exact) mass is 204 g/mol. The Hall–Kier alpha value is -0.840. The van der Waals surface area contributed by atoms with Gasteiger partial charge >= 0.3 is 5.97 Å². The highest BCUT2D eigenvalue weighted by Crippen LogP contribution is 2.05. The number of carboxylic acid groups (broad SMARTS) is 1. The lowest BCUT2D eigenvalue weighted by Crippen LogP contribution is -2.08. The van der Waals surface area contributed by atoms with Crippen LogP contribution < -0.4 is 0 Å². The van der Waals surface area contributed by atoms with E-state index in [1.54, 1.807) is 12.4 Å². The first-order chi connectivity index (χ1) is 4.68. The van der Waals surface area contributed by atoms with Crippen molar-refractivity contribution in [1.29, 1.82) is 0 Å². The number of carbonyl (C=O) groups is 1. The molecule has 0 radical (unpaired) electrons. The van der Waals surface area contributed by atoms with Crippen molar-refractivity contribution >= 4 is 21.9 Å². The van der Waals surface area contributed by atoms with Crippen LogP contribution in [0, 0.1) is 0 Å². The Morgan fingerprint density at radius 2 is 2.60 bits per heavy atom. The van der Waals surface area contributed by atoms with Crippen LogP contribution in [0.4, 0.5) is 0 Å². The van der Waals surface area contributed by atoms with Gasteiger partial charge in [0, 0.05) is 6.20 Å². The minimum absolute atomic E-state index is 0.0917. The summed E-state index contributed by atoms with van der Waals surface area (Å²) >= 11 is 3.15. The number of hydrogen-bond acceptors (Lipinski definition) is 2. The lowest BCUT2D eigenvalue weighted by atomic mass is 10.6. The van der Waals surface area contributed by atoms with Crippen LogP contribution in [-0.2, 0) is 11.3 Å². The Labute approximate surface area is 65.6 Å². The molecule has 0 fully saturated rings. The number of carboxylic acids is 1. The van der Waals surface area contributed by atoms with Crippen LogP contribution in [0.1, 0.15) is 0 Å². The predicted molar refractivity (Wildman–Crippen MR) is 37.6 cm³/mol. The molecule has 0 aromatic carbocycles. The Morgan fingerprint density at radius 1 is 1.90 bits per heavy atom. The van der Waals surface area contributed by atoms with Crippen LogP contribution >= 0.6 is 15.9 Å². The van der Waals surface area contributed by atoms with Gasteiger partial charge in [0.1, 0.15) is 6.54 Å². The van der Waals surface area contributed by atoms with Crippen molar-refractivity contribution in [3.8, 4) is 0 Å². The third kappa shape index (κ3) is 1.84. The van der Waals surface area contributed by atoms with Crippen LogP contribution in [0.15, 0.2) is 16.9 Å². The summed E-state index contributed by atoms with van der Waals surface area (Å²) in [4.78, 5) is 10.1. The van der Waals surface area contributed by atoms with Gasteiger partial charge < -0.3 is 5.11 Å². The summed E-state index contributed by atoms with van der Waals surface area (Å²) in [6.45, 7) is -0.0917. The molecular weight excluding hydrogens is 200 g/mol. The second-order valence-electron chi connectivity index (χ2n) is 1.75. The molecule has 0 saturated heterocycles. The molecule has 0 bridgehead atoms. The van der Waals surface area contributed by atoms with Crippen molar-refractivity contribution in [2.45, 2.75) is 6.54 Å². The normalized spacial score (nSPS) is 9.70. The summed E-state index contributed by atoms with van der Waals surface area (Å²) in [5.74, 6) is -0.893. The summed E-state index contributed by atoms with van der Waals surface area (Å²) in [5, 5.41) is 12.0. The lowest BCUT2D eigenvalue weighted by Gasteiger charge is -1.91. The molecule has 0 aliphatic heterocycles. The van der Waals surface area contributed by atoms with E-state index in [1.807, 2.05) is 0 Å². The Bertz CT molecular complexity index is 246. The zero-order chi connectivity index (χ0) is 7.56. The molecule has 1 heterocycles. The topological polar surface area (TPSA) is 55.1 Å². The van der Waals surface area contributed by atoms with E-state index in [0.29, 0.717) is 0 Å². The molecule has 1 aromatic heterocycles. The fourth-order valence-electron chi connectivity index (χ4n) is 0.563. The molecule has 0 atom stereocenters. The minimum Gasteiger partial charge on any atom is -0.480 e. The van der Waals surface area contributed by atoms with E-state index in [4.69, 9.17) is 5.11 Å². The maximum atomic E-state index is 10.1. The van der Waals surface area contributed by atoms with Gasteiger partial charge in [-0.3, -0.25) is 9.48 Å². The second kappa shape index (κ2) is 2.83. The smallest absolute Gasteiger partial charge is 0.325 e. The average Bonchev–Trinajstić information content (AvgIpc) is 2.13. The minimum atomic E-state index is -0.893. The first-order valence-electron chi connectivity index (χ1n) is 2.58. The van der Waals surface area contributed by atoms with Gasteiger partial charge in [0.05, 0.1) is 10.7 Å². The van der Waals surface area contributed by atoms with Gasteiger partial charge in [-0.2, -0.15) is 5.10 Å². The molecule has 1 N–H and O–H groups in total. The van der Waals surface area contributed by atoms with Crippen molar-refractivity contribution < 1.29 is 9.90 Å². The Morgan fingerprint density at radius 3 is 3.00 bits per heavy atom. The number of aliphatic carboxylic acids is 1. The summed E-state index contributed by atoms with van der Waals surface area (Å²) in [5.41, 5.74) is 0. The maximum Gasteiger partial charge on any atom is 0.325 e. The molecule has 0 unspecified atom stereocenters. The van der Waals surface area contributed by atoms with Crippen LogP contribution in [0.25, 0.3) is 0 Å². The fourth-order valence-corrected chi connectivity index (χ4v) is 0.891. The third-order valence-corrected chi connectivity index (χ3v) is 1.31. The van der Waals surface area contributed by atoms with Gasteiger partial charge in [-0.25, -0.2) is 0 Å². The zero-order valence-corrected chi connectivity index (χ0v) is 6.58. The molecular formula is C5H5BrN2O2. The molecule has 1 rings (SSSR count). The van der Waals surface area contributed by atoms with Crippen molar-refractivity contribution in [2.75, 3.05) is 0 Å². The lowest BCUT2D eigenvalue weighted by molar-refractivity contribution is -0.137. The van der Waals surface area contributed by atoms with Crippen LogP contribution in [-0.4, -0.2) is 20.9 Å². The van der Waals surface area contributed by atoms with E-state index < -0.39 is 5.97 Å². The highest BCUT2D eigenvalue weighted by atomic mass is 79.9. The third-order valence-electron chi connectivity index (χ3n) is 0.899. The van der Waals surface area contributed by atoms with E-state index in [2.05, 4.69) is 21.0 Å². The predicted octanol–water partition coefficient (Wildman–Crippen LogP) is 0.730. The quantitative estimate of drug-likeness (QED) is 0.774. The second-order valence-corrected chi connectivity index (χ2v) is 2.67. The van der Waals surface area contributed by atoms with Gasteiger partial charge in [-0.15, -0.1) is 0 Å². The molecule has 4 nitrogen and oxygen atoms in total. The van der Waals surface area contributed by atoms with Crippen LogP contribution in [0.5, 0.6) is 0 Å². The first kappa shape index (κ1) is 7.27. The first-order valence-corrected chi connectivity index (χ1v) is 3.37. The van der Waals surface area contributed by atoms with Crippen molar-refractivity contribution in [2.24, 2.45) is 0 Å². The molecule has 0 spiro atoms. The summed E-state index contributed by atoms with van der Waals surface area (Å²) in [6, 6.07) is 0. The summed E-state index contributed by atoms with van der Waals surface area (Å²) in [7, 11) is 0. The molecule has 10 heavy (non-hydrogen) atoms. The molecule has 54 valence electrons. The largest absolute Gasteiger partial charge is 0.480 e. The van der Waals surface area contributed by atoms with Crippen molar-refractivity contribution in [3.63, 3.8) is 0 Å². The highest BCUT2D eigenvalue weighted by molar-refractivity contribution is 9.10. The van der Waals surface area contributed by atoms with E-state index in [0.717, 1.165) is 4.47 Å². The van der Waals surface area contributed by atoms with E-state index in [-0.39, 0.29) is 6.54 Å². The highest BCUT2D eigenvalue weighted by Gasteiger charge is 1.99. The van der Waals surface area contributed by atoms with Gasteiger partial charge in [0.2, 0.25) is 0 Å². The van der Waals surface area contributed by atoms with Crippen LogP contribution in [0.2, 0.25) is 0 Å². The maximum absolute atomic E-state index is 10.1. The van der Waals surface area contributed by atoms with E-state index in [1.165, 1.54) is 4.68 Å². The summed E-state index contributed by atoms with van der Waals surface area (Å²) in [6.07, 6.45) is 3.15. The number of hydrogen-bond donors (Lipinski definition) is 1. The van der Waals surface area contributed by atoms with Crippen molar-refractivity contribution in [3.05, 3.63) is 16.9 Å². The van der Waals surface area contributed by atoms with E-state index >= 15 is 0 Å². The van der Waals surface area contributed by atoms with Crippen LogP contribution in [0.3, 0.4) is 0 Å². The standard InChI is InChI=1S/C5H5BrN2O2/c6-4-1-7-8(2-4)3-5(9)10/h1-2H,3H2,(H,9,10). The van der Waals surface area contributed by atoms with E-state index in [9.17, 15) is 4.79 Å². The molecule has 5 heteroatoms. The van der Waals surface area contributed by atoms with Crippen molar-refractivity contribution in [1.82, 2.24) is 9.78 Å². The molecule has 0 aliphatic carbocycles.